The van der Waals surface area contributed by atoms with Crippen LogP contribution in [-0.4, -0.2) is 16.0 Å². The van der Waals surface area contributed by atoms with Crippen molar-refractivity contribution in [2.24, 2.45) is 11.8 Å². The molecule has 3 heteroatoms. The Balaban J connectivity index is 2.02. The molecule has 2 aliphatic rings. The number of ketones is 1. The summed E-state index contributed by atoms with van der Waals surface area (Å²) in [7, 11) is 0. The molecule has 3 unspecified atom stereocenters. The number of allylic oxidation sites excluding steroid dienone is 1. The third-order valence-electron chi connectivity index (χ3n) is 3.51. The molecule has 0 bridgehead atoms. The van der Waals surface area contributed by atoms with Gasteiger partial charge in [-0.1, -0.05) is 6.08 Å². The van der Waals surface area contributed by atoms with Crippen molar-refractivity contribution in [1.29, 1.82) is 0 Å². The fourth-order valence-corrected chi connectivity index (χ4v) is 2.78. The summed E-state index contributed by atoms with van der Waals surface area (Å²) in [5, 5.41) is 7.08. The van der Waals surface area contributed by atoms with E-state index in [1.807, 2.05) is 6.08 Å². The van der Waals surface area contributed by atoms with Gasteiger partial charge in [-0.15, -0.1) is 6.58 Å². The molecule has 0 aliphatic heterocycles. The van der Waals surface area contributed by atoms with Crippen LogP contribution in [0.15, 0.2) is 12.7 Å². The van der Waals surface area contributed by atoms with Gasteiger partial charge in [0.05, 0.1) is 0 Å². The van der Waals surface area contributed by atoms with Gasteiger partial charge in [-0.2, -0.15) is 5.10 Å². The van der Waals surface area contributed by atoms with Crippen LogP contribution in [0.5, 0.6) is 0 Å². The van der Waals surface area contributed by atoms with Crippen LogP contribution in [0.3, 0.4) is 0 Å². The molecule has 3 rings (SSSR count). The molecule has 1 aromatic rings. The fraction of sp³-hybridized carbons (Fsp3) is 0.455. The predicted molar refractivity (Wildman–Crippen MR) is 52.2 cm³/mol. The Labute approximate surface area is 82.2 Å². The second-order valence-electron chi connectivity index (χ2n) is 4.23. The van der Waals surface area contributed by atoms with Crippen LogP contribution in [0.4, 0.5) is 0 Å². The lowest BCUT2D eigenvalue weighted by Gasteiger charge is -1.98. The Morgan fingerprint density at radius 2 is 2.50 bits per heavy atom. The third kappa shape index (κ3) is 0.775. The molecule has 3 nitrogen and oxygen atoms in total. The quantitative estimate of drug-likeness (QED) is 0.567. The number of aromatic nitrogens is 2. The van der Waals surface area contributed by atoms with Crippen molar-refractivity contribution in [1.82, 2.24) is 10.2 Å². The third-order valence-corrected chi connectivity index (χ3v) is 3.51. The molecule has 1 fully saturated rings. The first-order valence-corrected chi connectivity index (χ1v) is 4.94. The van der Waals surface area contributed by atoms with Gasteiger partial charge in [0.15, 0.2) is 5.78 Å². The monoisotopic (exact) mass is 188 g/mol. The van der Waals surface area contributed by atoms with Gasteiger partial charge < -0.3 is 0 Å². The molecule has 0 saturated heterocycles. The lowest BCUT2D eigenvalue weighted by atomic mass is 10.1. The average Bonchev–Trinajstić information content (AvgIpc) is 2.55. The zero-order valence-electron chi connectivity index (χ0n) is 8.08. The van der Waals surface area contributed by atoms with E-state index in [2.05, 4.69) is 16.8 Å². The number of fused-ring (bicyclic) bond motifs is 3. The number of aromatic amines is 1. The van der Waals surface area contributed by atoms with E-state index in [1.54, 1.807) is 6.92 Å². The molecular weight excluding hydrogens is 176 g/mol. The van der Waals surface area contributed by atoms with Crippen molar-refractivity contribution < 1.29 is 4.79 Å². The molecular formula is C11H12N2O. The van der Waals surface area contributed by atoms with Gasteiger partial charge in [-0.25, -0.2) is 0 Å². The number of nitrogens with zero attached hydrogens (tertiary/aromatic N) is 1. The molecule has 14 heavy (non-hydrogen) atoms. The van der Waals surface area contributed by atoms with E-state index < -0.39 is 0 Å². The van der Waals surface area contributed by atoms with E-state index >= 15 is 0 Å². The van der Waals surface area contributed by atoms with Gasteiger partial charge >= 0.3 is 0 Å². The topological polar surface area (TPSA) is 45.8 Å². The number of nitrogens with one attached hydrogen (secondary N) is 1. The van der Waals surface area contributed by atoms with E-state index in [-0.39, 0.29) is 5.78 Å². The van der Waals surface area contributed by atoms with Crippen molar-refractivity contribution in [2.45, 2.75) is 19.3 Å². The Morgan fingerprint density at radius 3 is 3.14 bits per heavy atom. The zero-order valence-corrected chi connectivity index (χ0v) is 8.08. The maximum absolute atomic E-state index is 11.2. The fourth-order valence-electron chi connectivity index (χ4n) is 2.78. The Bertz CT molecular complexity index is 432. The highest BCUT2D eigenvalue weighted by Crippen LogP contribution is 2.61. The van der Waals surface area contributed by atoms with E-state index in [0.29, 0.717) is 23.4 Å². The molecule has 0 aromatic carbocycles. The lowest BCUT2D eigenvalue weighted by Crippen LogP contribution is -1.99. The molecule has 1 N–H and O–H groups in total. The highest BCUT2D eigenvalue weighted by molar-refractivity contribution is 5.94. The highest BCUT2D eigenvalue weighted by atomic mass is 16.1. The van der Waals surface area contributed by atoms with Crippen LogP contribution in [0, 0.1) is 11.8 Å². The Kier molecular flexibility index (Phi) is 1.34. The van der Waals surface area contributed by atoms with Crippen LogP contribution in [0.2, 0.25) is 0 Å². The number of hydrogen-bond acceptors (Lipinski definition) is 2. The average molecular weight is 188 g/mol. The summed E-state index contributed by atoms with van der Waals surface area (Å²) in [5.41, 5.74) is 2.99. The predicted octanol–water partition coefficient (Wildman–Crippen LogP) is 1.68. The smallest absolute Gasteiger partial charge is 0.180 e. The minimum absolute atomic E-state index is 0.0685. The molecule has 1 heterocycles. The van der Waals surface area contributed by atoms with E-state index in [9.17, 15) is 4.79 Å². The van der Waals surface area contributed by atoms with E-state index in [4.69, 9.17) is 0 Å². The van der Waals surface area contributed by atoms with Crippen molar-refractivity contribution in [3.63, 3.8) is 0 Å². The van der Waals surface area contributed by atoms with Crippen molar-refractivity contribution in [2.75, 3.05) is 0 Å². The van der Waals surface area contributed by atoms with Crippen molar-refractivity contribution in [3.8, 4) is 0 Å². The van der Waals surface area contributed by atoms with Gasteiger partial charge in [0, 0.05) is 24.1 Å². The standard InChI is InChI=1S/C11H12N2O/c1-3-6-7-4-8-10(5(2)14)12-13-11(8)9(6)7/h3,6-7,9H,1,4H2,2H3,(H,12,13). The van der Waals surface area contributed by atoms with Crippen LogP contribution in [0.25, 0.3) is 0 Å². The molecule has 0 amide bonds. The Morgan fingerprint density at radius 1 is 1.71 bits per heavy atom. The summed E-state index contributed by atoms with van der Waals surface area (Å²) in [5.74, 6) is 1.94. The van der Waals surface area contributed by atoms with Gasteiger partial charge in [0.25, 0.3) is 0 Å². The summed E-state index contributed by atoms with van der Waals surface area (Å²) in [6.07, 6.45) is 3.02. The van der Waals surface area contributed by atoms with Crippen LogP contribution >= 0.6 is 0 Å². The molecule has 0 spiro atoms. The molecule has 2 aliphatic carbocycles. The highest BCUT2D eigenvalue weighted by Gasteiger charge is 2.56. The second-order valence-corrected chi connectivity index (χ2v) is 4.23. The van der Waals surface area contributed by atoms with Gasteiger partial charge in [0.1, 0.15) is 5.69 Å². The maximum Gasteiger partial charge on any atom is 0.180 e. The number of H-pyrrole nitrogens is 1. The minimum atomic E-state index is 0.0685. The van der Waals surface area contributed by atoms with E-state index in [0.717, 1.165) is 12.0 Å². The normalized spacial score (nSPS) is 32.2. The summed E-state index contributed by atoms with van der Waals surface area (Å²) in [4.78, 5) is 11.2. The molecule has 0 radical (unpaired) electrons. The van der Waals surface area contributed by atoms with E-state index in [1.165, 1.54) is 5.69 Å². The first-order valence-electron chi connectivity index (χ1n) is 4.94. The summed E-state index contributed by atoms with van der Waals surface area (Å²) >= 11 is 0. The molecule has 1 aromatic heterocycles. The summed E-state index contributed by atoms with van der Waals surface area (Å²) in [6, 6.07) is 0. The number of hydrogen-bond donors (Lipinski definition) is 1. The van der Waals surface area contributed by atoms with Crippen molar-refractivity contribution in [3.05, 3.63) is 29.6 Å². The minimum Gasteiger partial charge on any atom is -0.293 e. The summed E-state index contributed by atoms with van der Waals surface area (Å²) < 4.78 is 0. The van der Waals surface area contributed by atoms with Gasteiger partial charge in [-0.3, -0.25) is 9.89 Å². The first kappa shape index (κ1) is 7.97. The van der Waals surface area contributed by atoms with Crippen LogP contribution in [0.1, 0.15) is 34.6 Å². The zero-order chi connectivity index (χ0) is 9.87. The lowest BCUT2D eigenvalue weighted by molar-refractivity contribution is 0.101. The maximum atomic E-state index is 11.2. The number of carbonyl (C=O) groups is 1. The number of Topliss-reactive ketones (excluding diaryl/α,β-unsaturated/α-hetero) is 1. The van der Waals surface area contributed by atoms with Gasteiger partial charge in [0.2, 0.25) is 0 Å². The number of carbonyl (C=O) groups excluding carboxylic acids is 1. The number of rotatable bonds is 2. The largest absolute Gasteiger partial charge is 0.293 e. The van der Waals surface area contributed by atoms with Gasteiger partial charge in [-0.05, 0) is 18.3 Å². The molecule has 1 saturated carbocycles. The van der Waals surface area contributed by atoms with Crippen LogP contribution < -0.4 is 0 Å². The molecule has 3 atom stereocenters. The molecule has 72 valence electrons. The Hall–Kier alpha value is -1.38. The first-order chi connectivity index (χ1) is 6.74. The van der Waals surface area contributed by atoms with Crippen molar-refractivity contribution >= 4 is 5.78 Å². The SMILES string of the molecule is C=CC1C2Cc3c(C(C)=O)n[nH]c3C12. The second kappa shape index (κ2) is 2.35. The summed E-state index contributed by atoms with van der Waals surface area (Å²) in [6.45, 7) is 5.39. The van der Waals surface area contributed by atoms with Crippen LogP contribution in [-0.2, 0) is 6.42 Å².